The first-order valence-corrected chi connectivity index (χ1v) is 14.1. The molecule has 1 aromatic carbocycles. The summed E-state index contributed by atoms with van der Waals surface area (Å²) in [5, 5.41) is 10.4. The van der Waals surface area contributed by atoms with Crippen LogP contribution < -0.4 is 4.90 Å². The fourth-order valence-corrected chi connectivity index (χ4v) is 9.03. The van der Waals surface area contributed by atoms with Crippen LogP contribution in [-0.2, 0) is 14.4 Å². The zero-order valence-corrected chi connectivity index (χ0v) is 23.1. The highest BCUT2D eigenvalue weighted by Gasteiger charge is 2.77. The molecule has 1 aromatic rings. The Labute approximate surface area is 228 Å². The zero-order valence-electron chi connectivity index (χ0n) is 21.6. The number of aliphatic hydroxyl groups excluding tert-OH is 1. The Morgan fingerprint density at radius 3 is 2.46 bits per heavy atom. The first-order valence-electron chi connectivity index (χ1n) is 12.9. The van der Waals surface area contributed by atoms with Crippen molar-refractivity contribution >= 4 is 46.8 Å². The fraction of sp³-hybridized carbons (Fsp3) is 0.536. The molecule has 3 aliphatic heterocycles. The summed E-state index contributed by atoms with van der Waals surface area (Å²) < 4.78 is -1.19. The summed E-state index contributed by atoms with van der Waals surface area (Å²) >= 11 is 7.72. The summed E-state index contributed by atoms with van der Waals surface area (Å²) in [5.41, 5.74) is 0.655. The van der Waals surface area contributed by atoms with Crippen molar-refractivity contribution < 1.29 is 19.5 Å². The largest absolute Gasteiger partial charge is 0.395 e. The van der Waals surface area contributed by atoms with Gasteiger partial charge < -0.3 is 19.8 Å². The van der Waals surface area contributed by atoms with Crippen molar-refractivity contribution in [3.63, 3.8) is 0 Å². The molecule has 200 valence electrons. The number of likely N-dealkylation sites (tertiary alicyclic amines) is 1. The molecule has 4 rings (SSSR count). The molecule has 0 aromatic heterocycles. The lowest BCUT2D eigenvalue weighted by molar-refractivity contribution is -0.145. The van der Waals surface area contributed by atoms with E-state index in [1.807, 2.05) is 6.92 Å². The lowest BCUT2D eigenvalue weighted by Gasteiger charge is -2.38. The highest BCUT2D eigenvalue weighted by Crippen LogP contribution is 2.71. The van der Waals surface area contributed by atoms with E-state index in [-0.39, 0.29) is 37.4 Å². The zero-order chi connectivity index (χ0) is 27.0. The van der Waals surface area contributed by atoms with E-state index in [0.717, 1.165) is 12.8 Å². The van der Waals surface area contributed by atoms with Crippen LogP contribution in [0.5, 0.6) is 0 Å². The molecule has 0 aliphatic carbocycles. The van der Waals surface area contributed by atoms with Gasteiger partial charge in [0.2, 0.25) is 11.8 Å². The van der Waals surface area contributed by atoms with Crippen molar-refractivity contribution in [2.75, 3.05) is 37.7 Å². The molecule has 9 heteroatoms. The molecular weight excluding hydrogens is 510 g/mol. The lowest BCUT2D eigenvalue weighted by atomic mass is 9.66. The fourth-order valence-electron chi connectivity index (χ4n) is 6.56. The maximum atomic E-state index is 14.3. The van der Waals surface area contributed by atoms with Gasteiger partial charge in [0, 0.05) is 41.6 Å². The van der Waals surface area contributed by atoms with Crippen molar-refractivity contribution in [3.05, 3.63) is 54.6 Å². The Hall–Kier alpha value is -2.29. The summed E-state index contributed by atoms with van der Waals surface area (Å²) in [6.45, 7) is 12.8. The minimum Gasteiger partial charge on any atom is -0.395 e. The number of hydrogen-bond donors (Lipinski definition) is 1. The SMILES string of the molecule is C=CCN(CCC)C(=O)[C@@H]1[C@H]2C(=O)N(CCO)C(C(=O)N(CC=C)c3ccc(Cl)cc3)C23CC[C@@]1(C)S3. The number of carbonyl (C=O) groups excluding carboxylic acids is 3. The quantitative estimate of drug-likeness (QED) is 0.428. The third-order valence-corrected chi connectivity index (χ3v) is 10.2. The van der Waals surface area contributed by atoms with Gasteiger partial charge in [-0.3, -0.25) is 14.4 Å². The molecule has 3 aliphatic rings. The predicted molar refractivity (Wildman–Crippen MR) is 149 cm³/mol. The van der Waals surface area contributed by atoms with Crippen molar-refractivity contribution in [2.24, 2.45) is 11.8 Å². The topological polar surface area (TPSA) is 81.2 Å². The first kappa shape index (κ1) is 27.7. The van der Waals surface area contributed by atoms with E-state index >= 15 is 0 Å². The molecule has 3 amide bonds. The van der Waals surface area contributed by atoms with E-state index in [9.17, 15) is 19.5 Å². The van der Waals surface area contributed by atoms with Gasteiger partial charge in [-0.05, 0) is 50.5 Å². The number of halogens is 1. The number of anilines is 1. The molecule has 5 atom stereocenters. The van der Waals surface area contributed by atoms with Crippen LogP contribution in [0.25, 0.3) is 0 Å². The number of amides is 3. The molecule has 3 fully saturated rings. The minimum absolute atomic E-state index is 0.0412. The van der Waals surface area contributed by atoms with E-state index in [4.69, 9.17) is 11.6 Å². The van der Waals surface area contributed by atoms with Crippen molar-refractivity contribution in [1.29, 1.82) is 0 Å². The van der Waals surface area contributed by atoms with Gasteiger partial charge in [0.25, 0.3) is 5.91 Å². The molecular formula is C28H36ClN3O4S. The molecule has 3 heterocycles. The third-order valence-electron chi connectivity index (χ3n) is 7.99. The molecule has 1 N–H and O–H groups in total. The second-order valence-corrected chi connectivity index (χ2v) is 12.6. The van der Waals surface area contributed by atoms with Crippen LogP contribution >= 0.6 is 23.4 Å². The van der Waals surface area contributed by atoms with Crippen LogP contribution in [0, 0.1) is 11.8 Å². The lowest BCUT2D eigenvalue weighted by Crippen LogP contribution is -2.55. The Morgan fingerprint density at radius 1 is 1.19 bits per heavy atom. The Bertz CT molecular complexity index is 1080. The van der Waals surface area contributed by atoms with E-state index < -0.39 is 27.4 Å². The number of β-amino-alcohol motifs (C(OH)–C–C–N with tert-alkyl or cyclic N) is 1. The van der Waals surface area contributed by atoms with Gasteiger partial charge >= 0.3 is 0 Å². The normalized spacial score (nSPS) is 29.8. The number of carbonyl (C=O) groups is 3. The second kappa shape index (κ2) is 10.8. The smallest absolute Gasteiger partial charge is 0.251 e. The number of hydrogen-bond acceptors (Lipinski definition) is 5. The monoisotopic (exact) mass is 545 g/mol. The number of nitrogens with zero attached hydrogens (tertiary/aromatic N) is 3. The highest BCUT2D eigenvalue weighted by molar-refractivity contribution is 8.02. The molecule has 2 unspecified atom stereocenters. The Balaban J connectivity index is 1.78. The molecule has 3 saturated heterocycles. The van der Waals surface area contributed by atoms with Crippen molar-refractivity contribution in [1.82, 2.24) is 9.80 Å². The van der Waals surface area contributed by atoms with Gasteiger partial charge in [-0.2, -0.15) is 0 Å². The Morgan fingerprint density at radius 2 is 1.86 bits per heavy atom. The molecule has 2 bridgehead atoms. The Kier molecular flexibility index (Phi) is 8.12. The van der Waals surface area contributed by atoms with Gasteiger partial charge in [0.15, 0.2) is 0 Å². The maximum Gasteiger partial charge on any atom is 0.251 e. The van der Waals surface area contributed by atoms with Crippen molar-refractivity contribution in [2.45, 2.75) is 48.6 Å². The highest BCUT2D eigenvalue weighted by atomic mass is 35.5. The van der Waals surface area contributed by atoms with Gasteiger partial charge in [0.05, 0.1) is 23.2 Å². The number of benzene rings is 1. The summed E-state index contributed by atoms with van der Waals surface area (Å²) in [7, 11) is 0. The predicted octanol–water partition coefficient (Wildman–Crippen LogP) is 3.76. The summed E-state index contributed by atoms with van der Waals surface area (Å²) in [5.74, 6) is -1.65. The average molecular weight is 546 g/mol. The summed E-state index contributed by atoms with van der Waals surface area (Å²) in [4.78, 5) is 47.3. The van der Waals surface area contributed by atoms with Gasteiger partial charge in [-0.1, -0.05) is 30.7 Å². The maximum absolute atomic E-state index is 14.3. The second-order valence-electron chi connectivity index (χ2n) is 10.3. The summed E-state index contributed by atoms with van der Waals surface area (Å²) in [6.07, 6.45) is 5.57. The summed E-state index contributed by atoms with van der Waals surface area (Å²) in [6, 6.07) is 6.20. The van der Waals surface area contributed by atoms with Crippen LogP contribution in [0.2, 0.25) is 5.02 Å². The van der Waals surface area contributed by atoms with E-state index in [1.54, 1.807) is 58.0 Å². The molecule has 37 heavy (non-hydrogen) atoms. The van der Waals surface area contributed by atoms with Crippen LogP contribution in [-0.4, -0.2) is 80.9 Å². The van der Waals surface area contributed by atoms with Crippen LogP contribution in [0.15, 0.2) is 49.6 Å². The molecule has 0 radical (unpaired) electrons. The first-order chi connectivity index (χ1) is 17.7. The number of fused-ring (bicyclic) bond motifs is 1. The average Bonchev–Trinajstić information content (AvgIpc) is 3.43. The van der Waals surface area contributed by atoms with Gasteiger partial charge in [-0.15, -0.1) is 24.9 Å². The molecule has 1 spiro atoms. The number of rotatable bonds is 11. The third kappa shape index (κ3) is 4.51. The molecule has 7 nitrogen and oxygen atoms in total. The van der Waals surface area contributed by atoms with Gasteiger partial charge in [0.1, 0.15) is 6.04 Å². The van der Waals surface area contributed by atoms with E-state index in [2.05, 4.69) is 20.1 Å². The van der Waals surface area contributed by atoms with Crippen LogP contribution in [0.4, 0.5) is 5.69 Å². The van der Waals surface area contributed by atoms with Crippen molar-refractivity contribution in [3.8, 4) is 0 Å². The number of aliphatic hydroxyl groups is 1. The van der Waals surface area contributed by atoms with E-state index in [0.29, 0.717) is 30.2 Å². The van der Waals surface area contributed by atoms with E-state index in [1.165, 1.54) is 4.90 Å². The number of thioether (sulfide) groups is 1. The van der Waals surface area contributed by atoms with Crippen LogP contribution in [0.1, 0.15) is 33.1 Å². The molecule has 0 saturated carbocycles. The minimum atomic E-state index is -0.795. The van der Waals surface area contributed by atoms with Gasteiger partial charge in [-0.25, -0.2) is 0 Å². The standard InChI is InChI=1S/C28H36ClN3O4S/c1-5-14-30(15-6-2)24(34)21-22-25(35)32(17-18-33)23(28(22)13-12-27(21,4)37-28)26(36)31(16-7-3)20-10-8-19(29)9-11-20/h5,7-11,21-23,33H,1,3,6,12-18H2,2,4H3/t21-,22-,23?,27+,28?/m0/s1. The van der Waals surface area contributed by atoms with Crippen LogP contribution in [0.3, 0.4) is 0 Å².